The van der Waals surface area contributed by atoms with Gasteiger partial charge in [-0.15, -0.1) is 0 Å². The van der Waals surface area contributed by atoms with Crippen molar-refractivity contribution in [1.29, 1.82) is 0 Å². The first kappa shape index (κ1) is 27.6. The van der Waals surface area contributed by atoms with E-state index in [0.717, 1.165) is 25.7 Å². The van der Waals surface area contributed by atoms with Gasteiger partial charge in [0, 0.05) is 25.2 Å². The zero-order chi connectivity index (χ0) is 28.8. The minimum absolute atomic E-state index is 0.0161. The Bertz CT molecular complexity index is 1580. The van der Waals surface area contributed by atoms with Crippen molar-refractivity contribution >= 4 is 34.5 Å². The lowest BCUT2D eigenvalue weighted by molar-refractivity contribution is -0.141. The van der Waals surface area contributed by atoms with Crippen LogP contribution >= 0.6 is 11.6 Å². The molecule has 41 heavy (non-hydrogen) atoms. The van der Waals surface area contributed by atoms with E-state index in [1.807, 2.05) is 10.9 Å². The minimum Gasteiger partial charge on any atom is -0.387 e. The van der Waals surface area contributed by atoms with Gasteiger partial charge in [-0.3, -0.25) is 14.5 Å². The predicted octanol–water partition coefficient (Wildman–Crippen LogP) is 4.50. The van der Waals surface area contributed by atoms with Crippen LogP contribution in [-0.2, 0) is 4.74 Å². The van der Waals surface area contributed by atoms with Gasteiger partial charge in [0.05, 0.1) is 75.6 Å². The molecule has 0 bridgehead atoms. The molecule has 2 atom stereocenters. The Labute approximate surface area is 241 Å². The number of anilines is 2. The van der Waals surface area contributed by atoms with Crippen LogP contribution in [0, 0.1) is 0 Å². The largest absolute Gasteiger partial charge is 0.387 e. The van der Waals surface area contributed by atoms with E-state index in [9.17, 15) is 14.3 Å². The van der Waals surface area contributed by atoms with E-state index in [0.29, 0.717) is 39.9 Å². The highest BCUT2D eigenvalue weighted by atomic mass is 35.5. The van der Waals surface area contributed by atoms with E-state index in [1.165, 1.54) is 32.7 Å². The van der Waals surface area contributed by atoms with Crippen molar-refractivity contribution in [2.75, 3.05) is 18.5 Å². The number of carbonyl (C=O) groups excluding carboxylic acids is 1. The van der Waals surface area contributed by atoms with Crippen molar-refractivity contribution in [2.45, 2.75) is 69.4 Å². The summed E-state index contributed by atoms with van der Waals surface area (Å²) in [6.45, 7) is 3.07. The second-order valence-corrected chi connectivity index (χ2v) is 11.8. The van der Waals surface area contributed by atoms with E-state index in [2.05, 4.69) is 30.8 Å². The summed E-state index contributed by atoms with van der Waals surface area (Å²) >= 11 is 6.06. The first-order chi connectivity index (χ1) is 19.6. The number of fused-ring (bicyclic) bond motifs is 1. The Morgan fingerprint density at radius 1 is 1.24 bits per heavy atom. The summed E-state index contributed by atoms with van der Waals surface area (Å²) in [5, 5.41) is 25.2. The Balaban J connectivity index is 1.29. The molecule has 0 aromatic carbocycles. The summed E-state index contributed by atoms with van der Waals surface area (Å²) in [5.41, 5.74) is 1.45. The molecule has 3 N–H and O–H groups in total. The summed E-state index contributed by atoms with van der Waals surface area (Å²) in [5.74, 6) is -0.535. The summed E-state index contributed by atoms with van der Waals surface area (Å²) < 4.78 is 24.0. The van der Waals surface area contributed by atoms with Gasteiger partial charge in [0.2, 0.25) is 0 Å². The van der Waals surface area contributed by atoms with Gasteiger partial charge in [0.25, 0.3) is 5.91 Å². The first-order valence-corrected chi connectivity index (χ1v) is 14.1. The lowest BCUT2D eigenvalue weighted by atomic mass is 9.74. The Morgan fingerprint density at radius 2 is 2.07 bits per heavy atom. The number of amides is 1. The van der Waals surface area contributed by atoms with E-state index in [-0.39, 0.29) is 23.8 Å². The van der Waals surface area contributed by atoms with Crippen LogP contribution in [0.15, 0.2) is 43.2 Å². The molecule has 1 spiro atoms. The van der Waals surface area contributed by atoms with Crippen molar-refractivity contribution in [3.63, 3.8) is 0 Å². The van der Waals surface area contributed by atoms with Gasteiger partial charge in [0.1, 0.15) is 6.17 Å². The normalized spacial score (nSPS) is 19.2. The average Bonchev–Trinajstić information content (AvgIpc) is 3.57. The number of hydrogen-bond acceptors (Lipinski definition) is 8. The number of rotatable bonds is 8. The number of nitrogens with zero attached hydrogens (tertiary/aromatic N) is 6. The molecule has 1 unspecified atom stereocenters. The van der Waals surface area contributed by atoms with E-state index >= 15 is 0 Å². The number of nitrogens with one attached hydrogen (secondary N) is 2. The quantitative estimate of drug-likeness (QED) is 0.277. The number of ether oxygens (including phenoxy) is 1. The number of hydrogen-bond donors (Lipinski definition) is 3. The molecule has 11 nitrogen and oxygen atoms in total. The standard InChI is InChI=1S/C28H32ClFN8O3/c1-27(2,40)24(30)14-33-26(39)21-12-31-22(20-13-35-38-15-17(29)10-32-25(20)38)8-23(21)36-18-11-34-37(16-18)19-4-7-41-28(9-19)5-3-6-28/h8,10-13,15-16,19,24,40H,3-7,9,14H2,1-2H3,(H,31,36)(H,33,39)/t19?,24-/m1/s1. The summed E-state index contributed by atoms with van der Waals surface area (Å²) in [6.07, 6.45) is 13.4. The van der Waals surface area contributed by atoms with Crippen LogP contribution in [0.2, 0.25) is 5.02 Å². The molecule has 1 saturated heterocycles. The maximum atomic E-state index is 14.4. The van der Waals surface area contributed by atoms with Gasteiger partial charge in [-0.2, -0.15) is 10.2 Å². The first-order valence-electron chi connectivity index (χ1n) is 13.7. The van der Waals surface area contributed by atoms with Crippen LogP contribution in [0.1, 0.15) is 62.4 Å². The Kier molecular flexibility index (Phi) is 7.16. The zero-order valence-electron chi connectivity index (χ0n) is 22.8. The molecule has 1 saturated carbocycles. The Morgan fingerprint density at radius 3 is 2.83 bits per heavy atom. The lowest BCUT2D eigenvalue weighted by Crippen LogP contribution is -2.46. The van der Waals surface area contributed by atoms with Crippen molar-refractivity contribution in [3.05, 3.63) is 53.8 Å². The number of carbonyl (C=O) groups is 1. The Hall–Kier alpha value is -3.61. The molecule has 13 heteroatoms. The summed E-state index contributed by atoms with van der Waals surface area (Å²) in [7, 11) is 0. The van der Waals surface area contributed by atoms with Crippen LogP contribution in [0.25, 0.3) is 16.9 Å². The van der Waals surface area contributed by atoms with Crippen molar-refractivity contribution < 1.29 is 19.0 Å². The lowest BCUT2D eigenvalue weighted by Gasteiger charge is -2.47. The highest BCUT2D eigenvalue weighted by Gasteiger charge is 2.43. The fraction of sp³-hybridized carbons (Fsp3) is 0.464. The smallest absolute Gasteiger partial charge is 0.255 e. The molecule has 0 radical (unpaired) electrons. The van der Waals surface area contributed by atoms with Gasteiger partial charge in [0.15, 0.2) is 5.65 Å². The number of aliphatic hydroxyl groups is 1. The van der Waals surface area contributed by atoms with Crippen LogP contribution in [0.3, 0.4) is 0 Å². The molecule has 216 valence electrons. The number of halogens is 2. The monoisotopic (exact) mass is 582 g/mol. The van der Waals surface area contributed by atoms with Crippen molar-refractivity contribution in [2.24, 2.45) is 0 Å². The maximum Gasteiger partial charge on any atom is 0.255 e. The molecule has 2 aliphatic rings. The van der Waals surface area contributed by atoms with Crippen LogP contribution in [-0.4, -0.2) is 70.9 Å². The van der Waals surface area contributed by atoms with E-state index < -0.39 is 17.7 Å². The fourth-order valence-corrected chi connectivity index (χ4v) is 5.49. The van der Waals surface area contributed by atoms with Crippen molar-refractivity contribution in [1.82, 2.24) is 34.7 Å². The third kappa shape index (κ3) is 5.64. The van der Waals surface area contributed by atoms with Gasteiger partial charge in [-0.1, -0.05) is 11.6 Å². The predicted molar refractivity (Wildman–Crippen MR) is 151 cm³/mol. The van der Waals surface area contributed by atoms with Crippen LogP contribution < -0.4 is 10.6 Å². The van der Waals surface area contributed by atoms with Gasteiger partial charge >= 0.3 is 0 Å². The highest BCUT2D eigenvalue weighted by molar-refractivity contribution is 6.30. The third-order valence-corrected chi connectivity index (χ3v) is 8.14. The third-order valence-electron chi connectivity index (χ3n) is 7.94. The highest BCUT2D eigenvalue weighted by Crippen LogP contribution is 2.45. The second-order valence-electron chi connectivity index (χ2n) is 11.4. The number of pyridine rings is 1. The maximum absolute atomic E-state index is 14.4. The van der Waals surface area contributed by atoms with Crippen LogP contribution in [0.5, 0.6) is 0 Å². The zero-order valence-corrected chi connectivity index (χ0v) is 23.6. The average molecular weight is 583 g/mol. The molecule has 4 aromatic rings. The molecule has 5 heterocycles. The molecule has 4 aromatic heterocycles. The second kappa shape index (κ2) is 10.7. The molecule has 1 amide bonds. The van der Waals surface area contributed by atoms with Gasteiger partial charge < -0.3 is 20.5 Å². The van der Waals surface area contributed by atoms with Crippen molar-refractivity contribution in [3.8, 4) is 11.3 Å². The van der Waals surface area contributed by atoms with E-state index in [1.54, 1.807) is 29.2 Å². The molecule has 2 fully saturated rings. The molecule has 6 rings (SSSR count). The molecule has 1 aliphatic carbocycles. The summed E-state index contributed by atoms with van der Waals surface area (Å²) in [4.78, 5) is 22.1. The molecular formula is C28H32ClFN8O3. The number of alkyl halides is 1. The van der Waals surface area contributed by atoms with Crippen LogP contribution in [0.4, 0.5) is 15.8 Å². The van der Waals surface area contributed by atoms with Gasteiger partial charge in [-0.25, -0.2) is 13.9 Å². The number of aromatic nitrogens is 6. The minimum atomic E-state index is -1.65. The van der Waals surface area contributed by atoms with E-state index in [4.69, 9.17) is 16.3 Å². The summed E-state index contributed by atoms with van der Waals surface area (Å²) in [6, 6.07) is 1.95. The molecule has 1 aliphatic heterocycles. The molecular weight excluding hydrogens is 551 g/mol. The SMILES string of the molecule is CC(C)(O)[C@H](F)CNC(=O)c1cnc(-c2cnn3cc(Cl)cnc23)cc1Nc1cnn(C2CCOC3(CCC3)C2)c1. The fourth-order valence-electron chi connectivity index (χ4n) is 5.35. The topological polar surface area (TPSA) is 131 Å². The van der Waals surface area contributed by atoms with Gasteiger partial charge in [-0.05, 0) is 52.0 Å².